The quantitative estimate of drug-likeness (QED) is 0.786. The van der Waals surface area contributed by atoms with Gasteiger partial charge in [0.05, 0.1) is 12.6 Å². The van der Waals surface area contributed by atoms with E-state index in [1.165, 1.54) is 11.1 Å². The highest BCUT2D eigenvalue weighted by atomic mass is 16.5. The minimum atomic E-state index is -0.606. The van der Waals surface area contributed by atoms with Crippen molar-refractivity contribution in [1.82, 2.24) is 5.32 Å². The van der Waals surface area contributed by atoms with Crippen LogP contribution in [-0.2, 0) is 9.53 Å². The molecule has 1 aliphatic rings. The maximum absolute atomic E-state index is 12.3. The van der Waals surface area contributed by atoms with E-state index in [0.717, 1.165) is 11.1 Å². The van der Waals surface area contributed by atoms with E-state index in [4.69, 9.17) is 10.5 Å². The summed E-state index contributed by atoms with van der Waals surface area (Å²) in [5.74, 6) is 0.0773. The van der Waals surface area contributed by atoms with Gasteiger partial charge in [0, 0.05) is 5.92 Å². The highest BCUT2D eigenvalue weighted by Crippen LogP contribution is 2.44. The molecular formula is C22H26N2O3. The van der Waals surface area contributed by atoms with E-state index in [-0.39, 0.29) is 30.8 Å². The number of amides is 1. The van der Waals surface area contributed by atoms with E-state index in [2.05, 4.69) is 29.6 Å². The molecule has 27 heavy (non-hydrogen) atoms. The second-order valence-electron chi connectivity index (χ2n) is 7.32. The third-order valence-electron chi connectivity index (χ3n) is 4.93. The molecule has 0 bridgehead atoms. The predicted molar refractivity (Wildman–Crippen MR) is 106 cm³/mol. The van der Waals surface area contributed by atoms with Crippen LogP contribution in [0.25, 0.3) is 11.1 Å². The van der Waals surface area contributed by atoms with Crippen molar-refractivity contribution in [2.45, 2.75) is 32.2 Å². The van der Waals surface area contributed by atoms with Gasteiger partial charge in [0.2, 0.25) is 0 Å². The monoisotopic (exact) mass is 366 g/mol. The third-order valence-corrected chi connectivity index (χ3v) is 4.93. The minimum Gasteiger partial charge on any atom is -0.449 e. The standard InChI is InChI=1S/C22H26N2O3/c1-14(2)11-20(21(25)12-23)24-22(26)27-13-19-17-9-5-3-7-15(17)16-8-4-6-10-18(16)19/h3-10,14,19-20H,11-13,23H2,1-2H3,(H,24,26)/t20-/m1/s1. The molecule has 0 saturated carbocycles. The number of nitrogens with one attached hydrogen (secondary N) is 1. The van der Waals surface area contributed by atoms with E-state index < -0.39 is 12.1 Å². The number of ketones is 1. The smallest absolute Gasteiger partial charge is 0.407 e. The van der Waals surface area contributed by atoms with Crippen LogP contribution < -0.4 is 11.1 Å². The second-order valence-corrected chi connectivity index (χ2v) is 7.32. The summed E-state index contributed by atoms with van der Waals surface area (Å²) in [6.45, 7) is 4.12. The Balaban J connectivity index is 1.69. The predicted octanol–water partition coefficient (Wildman–Crippen LogP) is 3.47. The van der Waals surface area contributed by atoms with Gasteiger partial charge in [-0.15, -0.1) is 0 Å². The van der Waals surface area contributed by atoms with E-state index in [0.29, 0.717) is 6.42 Å². The molecule has 0 spiro atoms. The number of nitrogens with two attached hydrogens (primary N) is 1. The first-order valence-electron chi connectivity index (χ1n) is 9.35. The number of alkyl carbamates (subject to hydrolysis) is 1. The molecule has 5 nitrogen and oxygen atoms in total. The molecule has 3 N–H and O–H groups in total. The number of hydrogen-bond donors (Lipinski definition) is 2. The van der Waals surface area contributed by atoms with E-state index in [1.54, 1.807) is 0 Å². The van der Waals surface area contributed by atoms with Crippen molar-refractivity contribution in [3.05, 3.63) is 59.7 Å². The van der Waals surface area contributed by atoms with Crippen molar-refractivity contribution in [1.29, 1.82) is 0 Å². The molecule has 0 radical (unpaired) electrons. The van der Waals surface area contributed by atoms with Gasteiger partial charge in [-0.1, -0.05) is 62.4 Å². The summed E-state index contributed by atoms with van der Waals surface area (Å²) >= 11 is 0. The molecule has 2 aromatic carbocycles. The molecule has 1 atom stereocenters. The molecule has 0 unspecified atom stereocenters. The highest BCUT2D eigenvalue weighted by molar-refractivity contribution is 5.88. The Labute approximate surface area is 159 Å². The summed E-state index contributed by atoms with van der Waals surface area (Å²) in [7, 11) is 0. The number of fused-ring (bicyclic) bond motifs is 3. The Morgan fingerprint density at radius 2 is 1.59 bits per heavy atom. The number of hydrogen-bond acceptors (Lipinski definition) is 4. The van der Waals surface area contributed by atoms with Gasteiger partial charge in [0.1, 0.15) is 6.61 Å². The van der Waals surface area contributed by atoms with Crippen LogP contribution in [0.2, 0.25) is 0 Å². The lowest BCUT2D eigenvalue weighted by Gasteiger charge is -2.20. The van der Waals surface area contributed by atoms with Crippen LogP contribution in [0.1, 0.15) is 37.3 Å². The van der Waals surface area contributed by atoms with Gasteiger partial charge in [-0.3, -0.25) is 4.79 Å². The first-order chi connectivity index (χ1) is 13.0. The first kappa shape index (κ1) is 19.1. The van der Waals surface area contributed by atoms with Crippen molar-refractivity contribution in [3.8, 4) is 11.1 Å². The lowest BCUT2D eigenvalue weighted by molar-refractivity contribution is -0.120. The zero-order valence-corrected chi connectivity index (χ0v) is 15.8. The van der Waals surface area contributed by atoms with Gasteiger partial charge in [0.15, 0.2) is 5.78 Å². The molecule has 0 fully saturated rings. The van der Waals surface area contributed by atoms with Gasteiger partial charge >= 0.3 is 6.09 Å². The molecule has 0 heterocycles. The topological polar surface area (TPSA) is 81.4 Å². The summed E-state index contributed by atoms with van der Waals surface area (Å²) in [6.07, 6.45) is -0.0374. The molecule has 1 aliphatic carbocycles. The zero-order valence-electron chi connectivity index (χ0n) is 15.8. The normalized spacial score (nSPS) is 13.8. The van der Waals surface area contributed by atoms with Crippen molar-refractivity contribution in [2.75, 3.05) is 13.2 Å². The van der Waals surface area contributed by atoms with Crippen LogP contribution in [0.4, 0.5) is 4.79 Å². The molecule has 142 valence electrons. The number of ether oxygens (including phenoxy) is 1. The van der Waals surface area contributed by atoms with Gasteiger partial charge < -0.3 is 15.8 Å². The van der Waals surface area contributed by atoms with Gasteiger partial charge in [0.25, 0.3) is 0 Å². The molecule has 0 aliphatic heterocycles. The first-order valence-corrected chi connectivity index (χ1v) is 9.35. The van der Waals surface area contributed by atoms with Crippen LogP contribution in [-0.4, -0.2) is 31.1 Å². The van der Waals surface area contributed by atoms with Gasteiger partial charge in [-0.25, -0.2) is 4.79 Å². The summed E-state index contributed by atoms with van der Waals surface area (Å²) in [5, 5.41) is 2.68. The van der Waals surface area contributed by atoms with Crippen molar-refractivity contribution < 1.29 is 14.3 Å². The Kier molecular flexibility index (Phi) is 5.91. The van der Waals surface area contributed by atoms with Crippen molar-refractivity contribution in [2.24, 2.45) is 11.7 Å². The molecule has 1 amide bonds. The molecule has 5 heteroatoms. The largest absolute Gasteiger partial charge is 0.449 e. The number of carbonyl (C=O) groups is 2. The number of benzene rings is 2. The van der Waals surface area contributed by atoms with Gasteiger partial charge in [-0.05, 0) is 34.6 Å². The summed E-state index contributed by atoms with van der Waals surface area (Å²) in [4.78, 5) is 24.3. The Morgan fingerprint density at radius 1 is 1.04 bits per heavy atom. The fourth-order valence-corrected chi connectivity index (χ4v) is 3.67. The lowest BCUT2D eigenvalue weighted by Crippen LogP contribution is -2.44. The molecule has 0 aromatic heterocycles. The second kappa shape index (κ2) is 8.35. The maximum Gasteiger partial charge on any atom is 0.407 e. The van der Waals surface area contributed by atoms with Crippen LogP contribution in [0.3, 0.4) is 0 Å². The number of carbonyl (C=O) groups excluding carboxylic acids is 2. The van der Waals surface area contributed by atoms with Crippen molar-refractivity contribution in [3.63, 3.8) is 0 Å². The third kappa shape index (κ3) is 4.19. The number of rotatable bonds is 7. The van der Waals surface area contributed by atoms with E-state index >= 15 is 0 Å². The lowest BCUT2D eigenvalue weighted by atomic mass is 9.98. The van der Waals surface area contributed by atoms with E-state index in [9.17, 15) is 9.59 Å². The summed E-state index contributed by atoms with van der Waals surface area (Å²) in [6, 6.07) is 15.7. The summed E-state index contributed by atoms with van der Waals surface area (Å²) < 4.78 is 5.50. The SMILES string of the molecule is CC(C)C[C@@H](NC(=O)OCC1c2ccccc2-c2ccccc21)C(=O)CN. The average molecular weight is 366 g/mol. The summed E-state index contributed by atoms with van der Waals surface area (Å²) in [5.41, 5.74) is 10.1. The maximum atomic E-state index is 12.3. The highest BCUT2D eigenvalue weighted by Gasteiger charge is 2.29. The zero-order chi connectivity index (χ0) is 19.4. The Hall–Kier alpha value is -2.66. The Morgan fingerprint density at radius 3 is 2.11 bits per heavy atom. The van der Waals surface area contributed by atoms with Crippen LogP contribution in [0.15, 0.2) is 48.5 Å². The molecule has 3 rings (SSSR count). The van der Waals surface area contributed by atoms with Crippen LogP contribution >= 0.6 is 0 Å². The van der Waals surface area contributed by atoms with Crippen LogP contribution in [0, 0.1) is 5.92 Å². The average Bonchev–Trinajstić information content (AvgIpc) is 2.99. The molecule has 0 saturated heterocycles. The van der Waals surface area contributed by atoms with Crippen LogP contribution in [0.5, 0.6) is 0 Å². The molecule has 2 aromatic rings. The fourth-order valence-electron chi connectivity index (χ4n) is 3.67. The fraction of sp³-hybridized carbons (Fsp3) is 0.364. The van der Waals surface area contributed by atoms with E-state index in [1.807, 2.05) is 38.1 Å². The van der Waals surface area contributed by atoms with Crippen molar-refractivity contribution >= 4 is 11.9 Å². The molecular weight excluding hydrogens is 340 g/mol. The van der Waals surface area contributed by atoms with Gasteiger partial charge in [-0.2, -0.15) is 0 Å². The minimum absolute atomic E-state index is 0.00286. The number of Topliss-reactive ketones (excluding diaryl/α,β-unsaturated/α-hetero) is 1. The Bertz CT molecular complexity index is 786.